The van der Waals surface area contributed by atoms with Crippen LogP contribution < -0.4 is 0 Å². The number of carbonyl (C=O) groups is 2. The summed E-state index contributed by atoms with van der Waals surface area (Å²) in [5.74, 6) is -4.46. The Kier molecular flexibility index (Phi) is 9.14. The van der Waals surface area contributed by atoms with Gasteiger partial charge >= 0.3 is 24.2 Å². The van der Waals surface area contributed by atoms with Crippen molar-refractivity contribution in [3.05, 3.63) is 82.9 Å². The van der Waals surface area contributed by atoms with Crippen LogP contribution in [0.3, 0.4) is 0 Å². The van der Waals surface area contributed by atoms with Crippen molar-refractivity contribution in [1.82, 2.24) is 4.90 Å². The van der Waals surface area contributed by atoms with Crippen molar-refractivity contribution in [2.75, 3.05) is 13.2 Å². The van der Waals surface area contributed by atoms with E-state index < -0.39 is 47.4 Å². The van der Waals surface area contributed by atoms with Gasteiger partial charge in [-0.25, -0.2) is 9.59 Å². The predicted molar refractivity (Wildman–Crippen MR) is 128 cm³/mol. The first-order valence-corrected chi connectivity index (χ1v) is 11.9. The molecule has 2 atom stereocenters. The van der Waals surface area contributed by atoms with E-state index >= 15 is 0 Å². The number of hydrogen-bond donors (Lipinski definition) is 1. The first kappa shape index (κ1) is 29.1. The van der Waals surface area contributed by atoms with Gasteiger partial charge in [0.05, 0.1) is 29.9 Å². The molecule has 11 heteroatoms. The standard InChI is InChI=1S/C27H28F5NO5/c1-17(2)38-24(35)19-8-6-18(7-9-19)12-14-33-22(13-15-37-25(33)36)10-11-23(34)26(28,29)20-4-3-5-21(16-20)27(30,31)32/h3-11,16-17,22-23,34H,12-15H2,1-2H3/t22-,23?/m0/s1. The zero-order chi connectivity index (χ0) is 28.1. The SMILES string of the molecule is CC(C)OC(=O)c1ccc(CCN2C(=O)OCC[C@@H]2C=CC(O)C(F)(F)c2cccc(C(F)(F)F)c2)cc1. The molecular weight excluding hydrogens is 513 g/mol. The van der Waals surface area contributed by atoms with E-state index in [1.54, 1.807) is 38.1 Å². The van der Waals surface area contributed by atoms with Crippen molar-refractivity contribution in [3.63, 3.8) is 0 Å². The lowest BCUT2D eigenvalue weighted by atomic mass is 9.99. The Balaban J connectivity index is 1.68. The fourth-order valence-corrected chi connectivity index (χ4v) is 3.87. The summed E-state index contributed by atoms with van der Waals surface area (Å²) in [4.78, 5) is 25.7. The minimum atomic E-state index is -4.81. The minimum Gasteiger partial charge on any atom is -0.459 e. The van der Waals surface area contributed by atoms with Crippen molar-refractivity contribution in [3.8, 4) is 0 Å². The Morgan fingerprint density at radius 1 is 1.13 bits per heavy atom. The highest BCUT2D eigenvalue weighted by Crippen LogP contribution is 2.37. The van der Waals surface area contributed by atoms with Crippen LogP contribution in [0.25, 0.3) is 0 Å². The molecule has 0 bridgehead atoms. The summed E-state index contributed by atoms with van der Waals surface area (Å²) in [7, 11) is 0. The van der Waals surface area contributed by atoms with Gasteiger partial charge in [0.2, 0.25) is 0 Å². The third kappa shape index (κ3) is 7.31. The van der Waals surface area contributed by atoms with E-state index in [9.17, 15) is 36.6 Å². The second kappa shape index (κ2) is 11.9. The first-order valence-electron chi connectivity index (χ1n) is 11.9. The van der Waals surface area contributed by atoms with Crippen LogP contribution >= 0.6 is 0 Å². The third-order valence-electron chi connectivity index (χ3n) is 5.91. The van der Waals surface area contributed by atoms with Crippen LogP contribution in [-0.2, 0) is 28.0 Å². The first-order chi connectivity index (χ1) is 17.8. The summed E-state index contributed by atoms with van der Waals surface area (Å²) in [6.45, 7) is 3.67. The number of carbonyl (C=O) groups excluding carboxylic acids is 2. The van der Waals surface area contributed by atoms with Crippen LogP contribution in [0.15, 0.2) is 60.7 Å². The molecule has 1 saturated heterocycles. The molecule has 1 heterocycles. The topological polar surface area (TPSA) is 76.1 Å². The molecule has 206 valence electrons. The number of benzene rings is 2. The highest BCUT2D eigenvalue weighted by atomic mass is 19.4. The van der Waals surface area contributed by atoms with Gasteiger partial charge in [0.25, 0.3) is 0 Å². The zero-order valence-corrected chi connectivity index (χ0v) is 20.8. The molecule has 0 spiro atoms. The van der Waals surface area contributed by atoms with Crippen LogP contribution in [-0.4, -0.2) is 53.5 Å². The predicted octanol–water partition coefficient (Wildman–Crippen LogP) is 5.73. The number of halogens is 5. The summed E-state index contributed by atoms with van der Waals surface area (Å²) >= 11 is 0. The molecular formula is C27H28F5NO5. The molecule has 2 aromatic carbocycles. The Labute approximate surface area is 216 Å². The summed E-state index contributed by atoms with van der Waals surface area (Å²) in [5.41, 5.74) is -1.07. The van der Waals surface area contributed by atoms with Crippen LogP contribution in [0.2, 0.25) is 0 Å². The molecule has 1 fully saturated rings. The molecule has 0 saturated carbocycles. The van der Waals surface area contributed by atoms with E-state index in [-0.39, 0.29) is 25.7 Å². The molecule has 6 nitrogen and oxygen atoms in total. The van der Waals surface area contributed by atoms with Gasteiger partial charge in [0.1, 0.15) is 6.10 Å². The largest absolute Gasteiger partial charge is 0.459 e. The Morgan fingerprint density at radius 3 is 2.42 bits per heavy atom. The number of ether oxygens (including phenoxy) is 2. The van der Waals surface area contributed by atoms with Crippen LogP contribution in [0.4, 0.5) is 26.7 Å². The van der Waals surface area contributed by atoms with E-state index in [1.165, 1.54) is 11.0 Å². The summed E-state index contributed by atoms with van der Waals surface area (Å²) in [5, 5.41) is 10.1. The molecule has 1 aliphatic heterocycles. The number of rotatable bonds is 9. The van der Waals surface area contributed by atoms with E-state index in [1.807, 2.05) is 0 Å². The Hall–Kier alpha value is -3.47. The van der Waals surface area contributed by atoms with E-state index in [0.29, 0.717) is 24.1 Å². The third-order valence-corrected chi connectivity index (χ3v) is 5.91. The second-order valence-corrected chi connectivity index (χ2v) is 9.10. The van der Waals surface area contributed by atoms with Crippen LogP contribution in [0, 0.1) is 0 Å². The van der Waals surface area contributed by atoms with Gasteiger partial charge < -0.3 is 19.5 Å². The van der Waals surface area contributed by atoms with Gasteiger partial charge in [-0.15, -0.1) is 0 Å². The molecule has 1 aliphatic rings. The average molecular weight is 542 g/mol. The molecule has 3 rings (SSSR count). The molecule has 1 unspecified atom stereocenters. The summed E-state index contributed by atoms with van der Waals surface area (Å²) in [6, 6.07) is 8.55. The monoisotopic (exact) mass is 541 g/mol. The maximum Gasteiger partial charge on any atom is 0.416 e. The van der Waals surface area contributed by atoms with Gasteiger partial charge in [-0.3, -0.25) is 0 Å². The summed E-state index contributed by atoms with van der Waals surface area (Å²) < 4.78 is 78.5. The van der Waals surface area contributed by atoms with Gasteiger partial charge in [-0.2, -0.15) is 22.0 Å². The van der Waals surface area contributed by atoms with Crippen molar-refractivity contribution in [2.45, 2.75) is 57.0 Å². The molecule has 0 aromatic heterocycles. The number of amides is 1. The van der Waals surface area contributed by atoms with Crippen molar-refractivity contribution < 1.29 is 46.1 Å². The Morgan fingerprint density at radius 2 is 1.79 bits per heavy atom. The number of aliphatic hydroxyl groups excluding tert-OH is 1. The quantitative estimate of drug-likeness (QED) is 0.249. The van der Waals surface area contributed by atoms with Gasteiger partial charge in [0.15, 0.2) is 0 Å². The smallest absolute Gasteiger partial charge is 0.416 e. The molecule has 0 aliphatic carbocycles. The fraction of sp³-hybridized carbons (Fsp3) is 0.407. The van der Waals surface area contributed by atoms with E-state index in [2.05, 4.69) is 0 Å². The van der Waals surface area contributed by atoms with Crippen molar-refractivity contribution >= 4 is 12.1 Å². The lowest BCUT2D eigenvalue weighted by Gasteiger charge is -2.33. The van der Waals surface area contributed by atoms with Crippen LogP contribution in [0.1, 0.15) is 47.3 Å². The highest BCUT2D eigenvalue weighted by molar-refractivity contribution is 5.89. The summed E-state index contributed by atoms with van der Waals surface area (Å²) in [6.07, 6.45) is -5.52. The molecule has 38 heavy (non-hydrogen) atoms. The maximum atomic E-state index is 14.8. The van der Waals surface area contributed by atoms with Gasteiger partial charge in [0, 0.05) is 18.5 Å². The Bertz CT molecular complexity index is 1150. The number of hydrogen-bond acceptors (Lipinski definition) is 5. The minimum absolute atomic E-state index is 0.0388. The van der Waals surface area contributed by atoms with Gasteiger partial charge in [-0.05, 0) is 50.1 Å². The number of esters is 1. The normalized spacial score (nSPS) is 17.6. The van der Waals surface area contributed by atoms with Crippen molar-refractivity contribution in [1.29, 1.82) is 0 Å². The fourth-order valence-electron chi connectivity index (χ4n) is 3.87. The van der Waals surface area contributed by atoms with Crippen LogP contribution in [0.5, 0.6) is 0 Å². The molecule has 1 N–H and O–H groups in total. The second-order valence-electron chi connectivity index (χ2n) is 9.10. The van der Waals surface area contributed by atoms with E-state index in [4.69, 9.17) is 9.47 Å². The lowest BCUT2D eigenvalue weighted by Crippen LogP contribution is -2.45. The number of nitrogens with zero attached hydrogens (tertiary/aromatic N) is 1. The maximum absolute atomic E-state index is 14.8. The highest BCUT2D eigenvalue weighted by Gasteiger charge is 2.41. The van der Waals surface area contributed by atoms with Gasteiger partial charge in [-0.1, -0.05) is 36.4 Å². The number of aliphatic hydroxyl groups is 1. The molecule has 1 amide bonds. The zero-order valence-electron chi connectivity index (χ0n) is 20.8. The lowest BCUT2D eigenvalue weighted by molar-refractivity contribution is -0.138. The number of cyclic esters (lactones) is 1. The average Bonchev–Trinajstić information content (AvgIpc) is 2.86. The number of alkyl halides is 5. The molecule has 0 radical (unpaired) electrons. The van der Waals surface area contributed by atoms with Crippen molar-refractivity contribution in [2.24, 2.45) is 0 Å². The molecule has 2 aromatic rings. The van der Waals surface area contributed by atoms with E-state index in [0.717, 1.165) is 23.8 Å².